The van der Waals surface area contributed by atoms with Crippen LogP contribution in [0, 0.1) is 5.92 Å². The first-order chi connectivity index (χ1) is 8.15. The van der Waals surface area contributed by atoms with Crippen LogP contribution in [0.1, 0.15) is 24.3 Å². The fourth-order valence-electron chi connectivity index (χ4n) is 2.26. The predicted octanol–water partition coefficient (Wildman–Crippen LogP) is 1.40. The van der Waals surface area contributed by atoms with E-state index in [2.05, 4.69) is 5.32 Å². The molecule has 0 radical (unpaired) electrons. The van der Waals surface area contributed by atoms with Crippen molar-refractivity contribution >= 4 is 23.2 Å². The van der Waals surface area contributed by atoms with Crippen LogP contribution in [-0.4, -0.2) is 30.3 Å². The molecule has 1 aromatic heterocycles. The Bertz CT molecular complexity index is 416. The quantitative estimate of drug-likeness (QED) is 0.884. The maximum absolute atomic E-state index is 12.0. The Labute approximate surface area is 105 Å². The van der Waals surface area contributed by atoms with Crippen molar-refractivity contribution in [1.29, 1.82) is 0 Å². The van der Waals surface area contributed by atoms with Crippen molar-refractivity contribution in [3.05, 3.63) is 22.4 Å². The molecule has 17 heavy (non-hydrogen) atoms. The average Bonchev–Trinajstić information content (AvgIpc) is 2.89. The molecule has 2 rings (SSSR count). The molecule has 0 saturated carbocycles. The molecule has 2 atom stereocenters. The lowest BCUT2D eigenvalue weighted by Crippen LogP contribution is -2.34. The highest BCUT2D eigenvalue weighted by molar-refractivity contribution is 7.10. The van der Waals surface area contributed by atoms with Crippen LogP contribution in [0.2, 0.25) is 0 Å². The molecule has 2 heterocycles. The highest BCUT2D eigenvalue weighted by Crippen LogP contribution is 2.38. The fourth-order valence-corrected chi connectivity index (χ4v) is 3.19. The van der Waals surface area contributed by atoms with Gasteiger partial charge in [0.05, 0.1) is 12.0 Å². The van der Waals surface area contributed by atoms with E-state index in [1.807, 2.05) is 24.4 Å². The summed E-state index contributed by atoms with van der Waals surface area (Å²) in [6.45, 7) is 2.49. The van der Waals surface area contributed by atoms with E-state index in [1.165, 1.54) is 0 Å². The van der Waals surface area contributed by atoms with Gasteiger partial charge in [-0.25, -0.2) is 0 Å². The Morgan fingerprint density at radius 2 is 2.41 bits per heavy atom. The number of thiophene rings is 1. The predicted molar refractivity (Wildman–Crippen MR) is 66.6 cm³/mol. The zero-order valence-electron chi connectivity index (χ0n) is 9.97. The number of nitrogens with zero attached hydrogens (tertiary/aromatic N) is 1. The second-order valence-corrected chi connectivity index (χ2v) is 5.15. The van der Waals surface area contributed by atoms with Crippen LogP contribution >= 0.6 is 11.3 Å². The van der Waals surface area contributed by atoms with Gasteiger partial charge >= 0.3 is 0 Å². The van der Waals surface area contributed by atoms with Gasteiger partial charge in [-0.2, -0.15) is 0 Å². The highest BCUT2D eigenvalue weighted by Gasteiger charge is 2.42. The van der Waals surface area contributed by atoms with Gasteiger partial charge in [-0.3, -0.25) is 9.59 Å². The first-order valence-corrected chi connectivity index (χ1v) is 6.60. The second-order valence-electron chi connectivity index (χ2n) is 4.17. The van der Waals surface area contributed by atoms with Crippen LogP contribution in [0.3, 0.4) is 0 Å². The lowest BCUT2D eigenvalue weighted by molar-refractivity contribution is -0.128. The molecule has 1 aliphatic heterocycles. The van der Waals surface area contributed by atoms with Gasteiger partial charge in [-0.15, -0.1) is 11.3 Å². The molecule has 1 saturated heterocycles. The number of likely N-dealkylation sites (tertiary alicyclic amines) is 1. The van der Waals surface area contributed by atoms with Gasteiger partial charge in [0, 0.05) is 24.9 Å². The SMILES string of the molecule is CCNC(=O)C1CC(=O)N(C)C1c1cccs1. The molecule has 1 aromatic rings. The molecule has 2 unspecified atom stereocenters. The van der Waals surface area contributed by atoms with Crippen molar-refractivity contribution in [3.8, 4) is 0 Å². The van der Waals surface area contributed by atoms with Gasteiger partial charge in [-0.05, 0) is 18.4 Å². The van der Waals surface area contributed by atoms with E-state index >= 15 is 0 Å². The van der Waals surface area contributed by atoms with Gasteiger partial charge < -0.3 is 10.2 Å². The zero-order chi connectivity index (χ0) is 12.4. The molecule has 1 aliphatic rings. The third-order valence-electron chi connectivity index (χ3n) is 3.11. The molecular weight excluding hydrogens is 236 g/mol. The molecule has 2 amide bonds. The Kier molecular flexibility index (Phi) is 3.47. The van der Waals surface area contributed by atoms with E-state index in [0.29, 0.717) is 13.0 Å². The van der Waals surface area contributed by atoms with Crippen LogP contribution in [0.15, 0.2) is 17.5 Å². The van der Waals surface area contributed by atoms with Crippen molar-refractivity contribution in [1.82, 2.24) is 10.2 Å². The Balaban J connectivity index is 2.25. The summed E-state index contributed by atoms with van der Waals surface area (Å²) in [4.78, 5) is 26.5. The summed E-state index contributed by atoms with van der Waals surface area (Å²) in [6, 6.07) is 3.83. The molecule has 5 heteroatoms. The highest BCUT2D eigenvalue weighted by atomic mass is 32.1. The summed E-state index contributed by atoms with van der Waals surface area (Å²) in [7, 11) is 1.77. The van der Waals surface area contributed by atoms with E-state index in [0.717, 1.165) is 4.88 Å². The number of carbonyl (C=O) groups excluding carboxylic acids is 2. The Morgan fingerprint density at radius 1 is 1.65 bits per heavy atom. The van der Waals surface area contributed by atoms with Crippen molar-refractivity contribution < 1.29 is 9.59 Å². The molecule has 0 aliphatic carbocycles. The number of carbonyl (C=O) groups is 2. The fraction of sp³-hybridized carbons (Fsp3) is 0.500. The molecule has 4 nitrogen and oxygen atoms in total. The van der Waals surface area contributed by atoms with Crippen molar-refractivity contribution in [2.45, 2.75) is 19.4 Å². The molecule has 0 aromatic carbocycles. The van der Waals surface area contributed by atoms with Crippen molar-refractivity contribution in [3.63, 3.8) is 0 Å². The summed E-state index contributed by atoms with van der Waals surface area (Å²) in [5, 5.41) is 4.78. The summed E-state index contributed by atoms with van der Waals surface area (Å²) in [6.07, 6.45) is 0.310. The minimum Gasteiger partial charge on any atom is -0.356 e. The van der Waals surface area contributed by atoms with Gasteiger partial charge in [-0.1, -0.05) is 6.07 Å². The second kappa shape index (κ2) is 4.87. The number of nitrogens with one attached hydrogen (secondary N) is 1. The molecular formula is C12H16N2O2S. The number of hydrogen-bond acceptors (Lipinski definition) is 3. The van der Waals surface area contributed by atoms with Crippen molar-refractivity contribution in [2.75, 3.05) is 13.6 Å². The smallest absolute Gasteiger partial charge is 0.226 e. The molecule has 92 valence electrons. The molecule has 1 N–H and O–H groups in total. The normalized spacial score (nSPS) is 24.1. The van der Waals surface area contributed by atoms with E-state index in [-0.39, 0.29) is 23.8 Å². The van der Waals surface area contributed by atoms with E-state index < -0.39 is 0 Å². The molecule has 0 bridgehead atoms. The first-order valence-electron chi connectivity index (χ1n) is 5.72. The number of rotatable bonds is 3. The van der Waals surface area contributed by atoms with Gasteiger partial charge in [0.25, 0.3) is 0 Å². The lowest BCUT2D eigenvalue weighted by atomic mass is 9.98. The monoisotopic (exact) mass is 252 g/mol. The van der Waals surface area contributed by atoms with Crippen LogP contribution < -0.4 is 5.32 Å². The van der Waals surface area contributed by atoms with E-state index in [9.17, 15) is 9.59 Å². The Morgan fingerprint density at radius 3 is 3.00 bits per heavy atom. The maximum atomic E-state index is 12.0. The van der Waals surface area contributed by atoms with Crippen LogP contribution in [-0.2, 0) is 9.59 Å². The summed E-state index contributed by atoms with van der Waals surface area (Å²) in [5.41, 5.74) is 0. The molecule has 1 fully saturated rings. The molecule has 0 spiro atoms. The van der Waals surface area contributed by atoms with Crippen molar-refractivity contribution in [2.24, 2.45) is 5.92 Å². The van der Waals surface area contributed by atoms with Crippen LogP contribution in [0.25, 0.3) is 0 Å². The summed E-state index contributed by atoms with van der Waals surface area (Å²) >= 11 is 1.59. The minimum absolute atomic E-state index is 0.0244. The minimum atomic E-state index is -0.258. The van der Waals surface area contributed by atoms with Gasteiger partial charge in [0.2, 0.25) is 11.8 Å². The van der Waals surface area contributed by atoms with Crippen LogP contribution in [0.5, 0.6) is 0 Å². The third kappa shape index (κ3) is 2.20. The number of hydrogen-bond donors (Lipinski definition) is 1. The van der Waals surface area contributed by atoms with Crippen LogP contribution in [0.4, 0.5) is 0 Å². The Hall–Kier alpha value is -1.36. The maximum Gasteiger partial charge on any atom is 0.226 e. The van der Waals surface area contributed by atoms with Gasteiger partial charge in [0.1, 0.15) is 0 Å². The third-order valence-corrected chi connectivity index (χ3v) is 4.05. The summed E-state index contributed by atoms with van der Waals surface area (Å²) < 4.78 is 0. The zero-order valence-corrected chi connectivity index (χ0v) is 10.8. The lowest BCUT2D eigenvalue weighted by Gasteiger charge is -2.23. The average molecular weight is 252 g/mol. The summed E-state index contributed by atoms with van der Waals surface area (Å²) in [5.74, 6) is -0.241. The number of amides is 2. The topological polar surface area (TPSA) is 49.4 Å². The first kappa shape index (κ1) is 12.1. The van der Waals surface area contributed by atoms with Gasteiger partial charge in [0.15, 0.2) is 0 Å². The van der Waals surface area contributed by atoms with E-state index in [4.69, 9.17) is 0 Å². The van der Waals surface area contributed by atoms with E-state index in [1.54, 1.807) is 23.3 Å². The largest absolute Gasteiger partial charge is 0.356 e. The standard InChI is InChI=1S/C12H16N2O2S/c1-3-13-12(16)8-7-10(15)14(2)11(8)9-5-4-6-17-9/h4-6,8,11H,3,7H2,1-2H3,(H,13,16).